The quantitative estimate of drug-likeness (QED) is 0.0866. The minimum atomic E-state index is -1.02. The van der Waals surface area contributed by atoms with Crippen molar-refractivity contribution in [3.8, 4) is 5.75 Å². The number of hydrogen-bond donors (Lipinski definition) is 0. The van der Waals surface area contributed by atoms with E-state index in [0.29, 0.717) is 19.8 Å². The highest BCUT2D eigenvalue weighted by Crippen LogP contribution is 2.42. The molecule has 0 amide bonds. The lowest BCUT2D eigenvalue weighted by Crippen LogP contribution is -2.62. The van der Waals surface area contributed by atoms with Gasteiger partial charge in [-0.2, -0.15) is 0 Å². The molecule has 0 radical (unpaired) electrons. The molecule has 1 aliphatic rings. The molecule has 0 saturated carbocycles. The van der Waals surface area contributed by atoms with Gasteiger partial charge in [-0.1, -0.05) is 164 Å². The fourth-order valence-electron chi connectivity index (χ4n) is 7.20. The fraction of sp³-hybridized carbons (Fsp3) is 0.250. The van der Waals surface area contributed by atoms with E-state index in [1.54, 1.807) is 14.2 Å². The average molecular weight is 737 g/mol. The molecular formula is C48H48O7. The molecule has 0 bridgehead atoms. The largest absolute Gasteiger partial charge is 0.497 e. The maximum absolute atomic E-state index is 7.35. The fourth-order valence-corrected chi connectivity index (χ4v) is 7.20. The third kappa shape index (κ3) is 9.23. The molecule has 5 atom stereocenters. The van der Waals surface area contributed by atoms with Crippen LogP contribution in [0.3, 0.4) is 0 Å². The van der Waals surface area contributed by atoms with Gasteiger partial charge < -0.3 is 33.2 Å². The maximum Gasteiger partial charge on any atom is 0.186 e. The molecule has 0 aromatic heterocycles. The maximum atomic E-state index is 7.35. The van der Waals surface area contributed by atoms with Crippen LogP contribution in [-0.2, 0) is 53.8 Å². The first-order valence-electron chi connectivity index (χ1n) is 18.7. The van der Waals surface area contributed by atoms with Gasteiger partial charge in [-0.25, -0.2) is 0 Å². The van der Waals surface area contributed by atoms with Crippen LogP contribution in [-0.4, -0.2) is 51.5 Å². The van der Waals surface area contributed by atoms with Crippen LogP contribution in [0.5, 0.6) is 5.75 Å². The molecule has 7 heteroatoms. The second-order valence-electron chi connectivity index (χ2n) is 13.5. The van der Waals surface area contributed by atoms with E-state index in [-0.39, 0.29) is 6.61 Å². The van der Waals surface area contributed by atoms with Gasteiger partial charge in [0.05, 0.1) is 33.5 Å². The molecule has 1 fully saturated rings. The summed E-state index contributed by atoms with van der Waals surface area (Å²) in [5, 5.41) is 0. The van der Waals surface area contributed by atoms with Gasteiger partial charge in [0.1, 0.15) is 35.8 Å². The van der Waals surface area contributed by atoms with Crippen LogP contribution in [0.1, 0.15) is 33.4 Å². The Labute approximate surface area is 324 Å². The Morgan fingerprint density at radius 2 is 0.855 bits per heavy atom. The molecule has 7 nitrogen and oxygen atoms in total. The molecule has 0 spiro atoms. The second kappa shape index (κ2) is 19.0. The minimum absolute atomic E-state index is 0.131. The van der Waals surface area contributed by atoms with Gasteiger partial charge in [-0.15, -0.1) is 0 Å². The van der Waals surface area contributed by atoms with Crippen molar-refractivity contribution in [2.24, 2.45) is 0 Å². The molecule has 0 unspecified atom stereocenters. The Kier molecular flexibility index (Phi) is 13.2. The van der Waals surface area contributed by atoms with E-state index in [9.17, 15) is 0 Å². The van der Waals surface area contributed by atoms with Crippen molar-refractivity contribution >= 4 is 0 Å². The monoisotopic (exact) mass is 736 g/mol. The van der Waals surface area contributed by atoms with E-state index in [0.717, 1.165) is 39.1 Å². The number of hydrogen-bond acceptors (Lipinski definition) is 7. The van der Waals surface area contributed by atoms with Crippen molar-refractivity contribution < 1.29 is 33.2 Å². The van der Waals surface area contributed by atoms with Crippen molar-refractivity contribution in [2.45, 2.75) is 56.1 Å². The second-order valence-corrected chi connectivity index (χ2v) is 13.5. The molecule has 1 saturated heterocycles. The SMILES string of the molecule is COc1ccc(C(OC[C@H]2O[C@H](OC)[C@@H](OCc3ccccc3)[C@@H](OCc3ccccc3)[C@@H]2OCc2ccccc2)(c2ccccc2)c2ccccc2)cc1. The highest BCUT2D eigenvalue weighted by Gasteiger charge is 2.50. The summed E-state index contributed by atoms with van der Waals surface area (Å²) in [6.07, 6.45) is -3.24. The number of methoxy groups -OCH3 is 2. The summed E-state index contributed by atoms with van der Waals surface area (Å²) in [5.74, 6) is 0.756. The van der Waals surface area contributed by atoms with Gasteiger partial charge in [0.25, 0.3) is 0 Å². The van der Waals surface area contributed by atoms with E-state index in [2.05, 4.69) is 60.7 Å². The van der Waals surface area contributed by atoms with Crippen molar-refractivity contribution in [3.05, 3.63) is 209 Å². The van der Waals surface area contributed by atoms with E-state index >= 15 is 0 Å². The number of benzene rings is 6. The summed E-state index contributed by atoms with van der Waals surface area (Å²) >= 11 is 0. The van der Waals surface area contributed by atoms with Crippen LogP contribution in [0.2, 0.25) is 0 Å². The van der Waals surface area contributed by atoms with Gasteiger partial charge in [-0.05, 0) is 45.5 Å². The van der Waals surface area contributed by atoms with Crippen molar-refractivity contribution in [1.82, 2.24) is 0 Å². The molecule has 6 aromatic carbocycles. The highest BCUT2D eigenvalue weighted by molar-refractivity contribution is 5.48. The minimum Gasteiger partial charge on any atom is -0.497 e. The van der Waals surface area contributed by atoms with E-state index in [4.69, 9.17) is 33.2 Å². The molecule has 282 valence electrons. The summed E-state index contributed by atoms with van der Waals surface area (Å²) in [4.78, 5) is 0. The predicted molar refractivity (Wildman–Crippen MR) is 212 cm³/mol. The summed E-state index contributed by atoms with van der Waals surface area (Å²) < 4.78 is 46.3. The molecule has 1 heterocycles. The van der Waals surface area contributed by atoms with E-state index < -0.39 is 36.3 Å². The van der Waals surface area contributed by atoms with E-state index in [1.165, 1.54) is 0 Å². The zero-order valence-electron chi connectivity index (χ0n) is 31.3. The first kappa shape index (κ1) is 38.2. The van der Waals surface area contributed by atoms with Gasteiger partial charge in [0, 0.05) is 7.11 Å². The lowest BCUT2D eigenvalue weighted by molar-refractivity contribution is -0.325. The Bertz CT molecular complexity index is 1940. The highest BCUT2D eigenvalue weighted by atomic mass is 16.7. The molecule has 7 rings (SSSR count). The normalized spacial score (nSPS) is 19.9. The number of rotatable bonds is 17. The van der Waals surface area contributed by atoms with Gasteiger partial charge in [0.2, 0.25) is 0 Å². The molecule has 55 heavy (non-hydrogen) atoms. The first-order chi connectivity index (χ1) is 27.2. The molecule has 0 N–H and O–H groups in total. The Balaban J connectivity index is 1.28. The third-order valence-electron chi connectivity index (χ3n) is 10.0. The Hall–Kier alpha value is -5.12. The van der Waals surface area contributed by atoms with Gasteiger partial charge >= 0.3 is 0 Å². The zero-order chi connectivity index (χ0) is 37.7. The van der Waals surface area contributed by atoms with Gasteiger partial charge in [-0.3, -0.25) is 0 Å². The van der Waals surface area contributed by atoms with Crippen LogP contribution in [0.25, 0.3) is 0 Å². The number of ether oxygens (including phenoxy) is 7. The van der Waals surface area contributed by atoms with Crippen molar-refractivity contribution in [2.75, 3.05) is 20.8 Å². The molecule has 0 aliphatic carbocycles. The zero-order valence-corrected chi connectivity index (χ0v) is 31.3. The van der Waals surface area contributed by atoms with Crippen LogP contribution in [0.4, 0.5) is 0 Å². The van der Waals surface area contributed by atoms with Crippen LogP contribution in [0.15, 0.2) is 176 Å². The van der Waals surface area contributed by atoms with Crippen LogP contribution in [0, 0.1) is 0 Å². The third-order valence-corrected chi connectivity index (χ3v) is 10.0. The van der Waals surface area contributed by atoms with Crippen LogP contribution >= 0.6 is 0 Å². The smallest absolute Gasteiger partial charge is 0.186 e. The van der Waals surface area contributed by atoms with E-state index in [1.807, 2.05) is 115 Å². The van der Waals surface area contributed by atoms with Crippen molar-refractivity contribution in [3.63, 3.8) is 0 Å². The predicted octanol–water partition coefficient (Wildman–Crippen LogP) is 9.13. The standard InChI is InChI=1S/C48H48O7/c1-49-42-30-28-41(29-31-42)48(39-24-14-6-15-25-39,40-26-16-7-17-27-40)54-35-43-44(51-32-36-18-8-3-9-19-36)45(52-33-37-20-10-4-11-21-37)46(47(50-2)55-43)53-34-38-22-12-5-13-23-38/h3-31,43-47H,32-35H2,1-2H3/t43-,44-,45+,46+,47+/m1/s1. The van der Waals surface area contributed by atoms with Crippen molar-refractivity contribution in [1.29, 1.82) is 0 Å². The molecular weight excluding hydrogens is 689 g/mol. The molecule has 6 aromatic rings. The Morgan fingerprint density at radius 1 is 0.455 bits per heavy atom. The summed E-state index contributed by atoms with van der Waals surface area (Å²) in [6.45, 7) is 1.15. The first-order valence-corrected chi connectivity index (χ1v) is 18.7. The average Bonchev–Trinajstić information content (AvgIpc) is 3.26. The van der Waals surface area contributed by atoms with Gasteiger partial charge in [0.15, 0.2) is 6.29 Å². The lowest BCUT2D eigenvalue weighted by Gasteiger charge is -2.46. The molecule has 1 aliphatic heterocycles. The lowest BCUT2D eigenvalue weighted by atomic mass is 9.80. The Morgan fingerprint density at radius 3 is 1.29 bits per heavy atom. The van der Waals surface area contributed by atoms with Crippen LogP contribution < -0.4 is 4.74 Å². The topological polar surface area (TPSA) is 64.6 Å². The summed E-state index contributed by atoms with van der Waals surface area (Å²) in [7, 11) is 3.30. The summed E-state index contributed by atoms with van der Waals surface area (Å²) in [6, 6.07) is 58.9. The summed E-state index contributed by atoms with van der Waals surface area (Å²) in [5.41, 5.74) is 4.94.